The number of carbonyl (C=O) groups is 1. The molecule has 2 aliphatic rings. The Balaban J connectivity index is 1.72. The highest BCUT2D eigenvalue weighted by Gasteiger charge is 2.29. The molecule has 5 heteroatoms. The molecule has 1 saturated heterocycles. The lowest BCUT2D eigenvalue weighted by atomic mass is 10.2. The molecule has 0 spiro atoms. The molecule has 0 bridgehead atoms. The third-order valence-corrected chi connectivity index (χ3v) is 5.12. The maximum Gasteiger partial charge on any atom is 0.241 e. The van der Waals surface area contributed by atoms with Gasteiger partial charge >= 0.3 is 0 Å². The Morgan fingerprint density at radius 2 is 2.20 bits per heavy atom. The van der Waals surface area contributed by atoms with E-state index in [1.807, 2.05) is 34.9 Å². The van der Waals surface area contributed by atoms with Crippen LogP contribution in [0.2, 0.25) is 0 Å². The molecule has 0 aliphatic carbocycles. The molecule has 1 aromatic carbocycles. The van der Waals surface area contributed by atoms with Gasteiger partial charge in [0.2, 0.25) is 5.91 Å². The number of hydrogen-bond acceptors (Lipinski definition) is 4. The highest BCUT2D eigenvalue weighted by atomic mass is 32.2. The maximum atomic E-state index is 12.6. The summed E-state index contributed by atoms with van der Waals surface area (Å²) in [6.07, 6.45) is 2.07. The van der Waals surface area contributed by atoms with Crippen molar-refractivity contribution in [3.05, 3.63) is 24.3 Å². The third kappa shape index (κ3) is 2.71. The number of aliphatic hydroxyl groups is 1. The van der Waals surface area contributed by atoms with E-state index in [1.54, 1.807) is 0 Å². The molecule has 1 amide bonds. The molecule has 2 heterocycles. The van der Waals surface area contributed by atoms with Crippen molar-refractivity contribution in [2.45, 2.75) is 23.8 Å². The molecule has 0 unspecified atom stereocenters. The Morgan fingerprint density at radius 1 is 1.35 bits per heavy atom. The summed E-state index contributed by atoms with van der Waals surface area (Å²) in [5, 5.41) is 9.35. The summed E-state index contributed by atoms with van der Waals surface area (Å²) < 4.78 is 0. The maximum absolute atomic E-state index is 12.6. The first kappa shape index (κ1) is 13.9. The summed E-state index contributed by atoms with van der Waals surface area (Å²) in [5.41, 5.74) is 1.04. The van der Waals surface area contributed by atoms with Crippen LogP contribution in [0.15, 0.2) is 29.2 Å². The van der Waals surface area contributed by atoms with Crippen LogP contribution in [-0.2, 0) is 4.79 Å². The zero-order chi connectivity index (χ0) is 13.9. The summed E-state index contributed by atoms with van der Waals surface area (Å²) >= 11 is 1.81. The first-order valence-electron chi connectivity index (χ1n) is 7.16. The smallest absolute Gasteiger partial charge is 0.241 e. The Kier molecular flexibility index (Phi) is 4.29. The van der Waals surface area contributed by atoms with Crippen molar-refractivity contribution < 1.29 is 9.90 Å². The van der Waals surface area contributed by atoms with Crippen molar-refractivity contribution in [2.75, 3.05) is 36.9 Å². The lowest BCUT2D eigenvalue weighted by Crippen LogP contribution is -2.45. The first-order valence-corrected chi connectivity index (χ1v) is 8.15. The van der Waals surface area contributed by atoms with E-state index in [1.165, 1.54) is 4.90 Å². The Bertz CT molecular complexity index is 495. The molecule has 0 saturated carbocycles. The van der Waals surface area contributed by atoms with Crippen LogP contribution in [0.3, 0.4) is 0 Å². The summed E-state index contributed by atoms with van der Waals surface area (Å²) in [4.78, 5) is 17.8. The van der Waals surface area contributed by atoms with Gasteiger partial charge in [-0.3, -0.25) is 9.69 Å². The fraction of sp³-hybridized carbons (Fsp3) is 0.533. The molecule has 20 heavy (non-hydrogen) atoms. The minimum absolute atomic E-state index is 0.151. The fourth-order valence-electron chi connectivity index (χ4n) is 3.00. The van der Waals surface area contributed by atoms with Gasteiger partial charge in [-0.25, -0.2) is 0 Å². The van der Waals surface area contributed by atoms with E-state index >= 15 is 0 Å². The van der Waals surface area contributed by atoms with Gasteiger partial charge in [-0.1, -0.05) is 12.1 Å². The minimum Gasteiger partial charge on any atom is -0.395 e. The predicted octanol–water partition coefficient (Wildman–Crippen LogP) is 1.58. The molecule has 1 N–H and O–H groups in total. The molecule has 1 fully saturated rings. The predicted molar refractivity (Wildman–Crippen MR) is 81.2 cm³/mol. The standard InChI is InChI=1S/C15H20N2O2S/c18-11-12-4-3-7-16(12)10-15(19)17-8-9-20-14-6-2-1-5-13(14)17/h1-2,5-6,12,18H,3-4,7-11H2/t12-/m1/s1. The molecule has 108 valence electrons. The minimum atomic E-state index is 0.151. The van der Waals surface area contributed by atoms with Gasteiger partial charge in [0.15, 0.2) is 0 Å². The summed E-state index contributed by atoms with van der Waals surface area (Å²) in [7, 11) is 0. The highest BCUT2D eigenvalue weighted by Crippen LogP contribution is 2.34. The number of amides is 1. The number of para-hydroxylation sites is 1. The number of carbonyl (C=O) groups excluding carboxylic acids is 1. The number of thioether (sulfide) groups is 1. The number of benzene rings is 1. The first-order chi connectivity index (χ1) is 9.79. The van der Waals surface area contributed by atoms with Crippen LogP contribution in [0.4, 0.5) is 5.69 Å². The molecule has 0 radical (unpaired) electrons. The second-order valence-electron chi connectivity index (χ2n) is 5.31. The lowest BCUT2D eigenvalue weighted by molar-refractivity contribution is -0.120. The van der Waals surface area contributed by atoms with Crippen LogP contribution in [0.25, 0.3) is 0 Å². The van der Waals surface area contributed by atoms with Crippen molar-refractivity contribution >= 4 is 23.4 Å². The molecular weight excluding hydrogens is 272 g/mol. The van der Waals surface area contributed by atoms with E-state index in [0.29, 0.717) is 6.54 Å². The van der Waals surface area contributed by atoms with Gasteiger partial charge in [0.25, 0.3) is 0 Å². The van der Waals surface area contributed by atoms with Crippen LogP contribution in [0, 0.1) is 0 Å². The molecule has 3 rings (SSSR count). The van der Waals surface area contributed by atoms with Crippen LogP contribution in [-0.4, -0.2) is 53.9 Å². The van der Waals surface area contributed by atoms with Crippen molar-refractivity contribution in [1.29, 1.82) is 0 Å². The number of likely N-dealkylation sites (tertiary alicyclic amines) is 1. The molecule has 2 aliphatic heterocycles. The van der Waals surface area contributed by atoms with Crippen molar-refractivity contribution in [1.82, 2.24) is 4.90 Å². The number of anilines is 1. The SMILES string of the molecule is O=C(CN1CCC[C@@H]1CO)N1CCSc2ccccc21. The molecule has 1 aromatic rings. The Morgan fingerprint density at radius 3 is 3.05 bits per heavy atom. The van der Waals surface area contributed by atoms with Gasteiger partial charge in [-0.15, -0.1) is 11.8 Å². The summed E-state index contributed by atoms with van der Waals surface area (Å²) in [6.45, 7) is 2.27. The van der Waals surface area contributed by atoms with Crippen LogP contribution in [0.5, 0.6) is 0 Å². The van der Waals surface area contributed by atoms with Gasteiger partial charge < -0.3 is 10.0 Å². The average Bonchev–Trinajstić information content (AvgIpc) is 2.93. The molecule has 1 atom stereocenters. The topological polar surface area (TPSA) is 43.8 Å². The third-order valence-electron chi connectivity index (χ3n) is 4.08. The normalized spacial score (nSPS) is 22.9. The van der Waals surface area contributed by atoms with Gasteiger partial charge in [0, 0.05) is 23.2 Å². The number of aliphatic hydroxyl groups excluding tert-OH is 1. The Hall–Kier alpha value is -1.04. The zero-order valence-corrected chi connectivity index (χ0v) is 12.3. The average molecular weight is 292 g/mol. The molecule has 4 nitrogen and oxygen atoms in total. The van der Waals surface area contributed by atoms with Gasteiger partial charge in [0.1, 0.15) is 0 Å². The highest BCUT2D eigenvalue weighted by molar-refractivity contribution is 7.99. The quantitative estimate of drug-likeness (QED) is 0.919. The van der Waals surface area contributed by atoms with Crippen LogP contribution < -0.4 is 4.90 Å². The van der Waals surface area contributed by atoms with Crippen LogP contribution >= 0.6 is 11.8 Å². The number of rotatable bonds is 3. The summed E-state index contributed by atoms with van der Waals surface area (Å²) in [5.74, 6) is 1.10. The zero-order valence-electron chi connectivity index (χ0n) is 11.5. The second-order valence-corrected chi connectivity index (χ2v) is 6.45. The van der Waals surface area contributed by atoms with E-state index in [4.69, 9.17) is 0 Å². The Labute approximate surface area is 123 Å². The van der Waals surface area contributed by atoms with E-state index in [0.717, 1.165) is 37.4 Å². The largest absolute Gasteiger partial charge is 0.395 e. The van der Waals surface area contributed by atoms with E-state index in [-0.39, 0.29) is 18.6 Å². The second kappa shape index (κ2) is 6.16. The lowest BCUT2D eigenvalue weighted by Gasteiger charge is -2.31. The summed E-state index contributed by atoms with van der Waals surface area (Å²) in [6, 6.07) is 8.26. The van der Waals surface area contributed by atoms with Crippen molar-refractivity contribution in [3.8, 4) is 0 Å². The molecular formula is C15H20N2O2S. The van der Waals surface area contributed by atoms with Gasteiger partial charge in [0.05, 0.1) is 18.8 Å². The van der Waals surface area contributed by atoms with E-state index in [2.05, 4.69) is 11.0 Å². The number of nitrogens with zero attached hydrogens (tertiary/aromatic N) is 2. The van der Waals surface area contributed by atoms with Crippen molar-refractivity contribution in [2.24, 2.45) is 0 Å². The number of fused-ring (bicyclic) bond motifs is 1. The van der Waals surface area contributed by atoms with Crippen LogP contribution in [0.1, 0.15) is 12.8 Å². The number of hydrogen-bond donors (Lipinski definition) is 1. The van der Waals surface area contributed by atoms with E-state index in [9.17, 15) is 9.90 Å². The van der Waals surface area contributed by atoms with Crippen molar-refractivity contribution in [3.63, 3.8) is 0 Å². The molecule has 0 aromatic heterocycles. The monoisotopic (exact) mass is 292 g/mol. The fourth-order valence-corrected chi connectivity index (χ4v) is 3.99. The van der Waals surface area contributed by atoms with E-state index < -0.39 is 0 Å². The van der Waals surface area contributed by atoms with Gasteiger partial charge in [-0.2, -0.15) is 0 Å². The van der Waals surface area contributed by atoms with Gasteiger partial charge in [-0.05, 0) is 31.5 Å².